The van der Waals surface area contributed by atoms with E-state index >= 15 is 0 Å². The second-order valence-corrected chi connectivity index (χ2v) is 8.76. The summed E-state index contributed by atoms with van der Waals surface area (Å²) in [7, 11) is 0. The molecule has 6 heteroatoms. The molecule has 0 spiro atoms. The Hall–Kier alpha value is -3.22. The van der Waals surface area contributed by atoms with Gasteiger partial charge in [0, 0.05) is 30.1 Å². The van der Waals surface area contributed by atoms with E-state index in [9.17, 15) is 9.59 Å². The lowest BCUT2D eigenvalue weighted by Crippen LogP contribution is -2.54. The molecule has 1 aliphatic rings. The third kappa shape index (κ3) is 3.58. The molecule has 0 bridgehead atoms. The number of hydrogen-bond acceptors (Lipinski definition) is 5. The topological polar surface area (TPSA) is 54.3 Å². The van der Waals surface area contributed by atoms with Crippen LogP contribution in [0.4, 0.5) is 5.00 Å². The van der Waals surface area contributed by atoms with Crippen LogP contribution in [-0.4, -0.2) is 40.9 Å². The van der Waals surface area contributed by atoms with Crippen molar-refractivity contribution in [1.82, 2.24) is 9.47 Å². The zero-order valence-corrected chi connectivity index (χ0v) is 18.1. The SMILES string of the molecule is CCN1CC(Nc2sc3c(ccc(=O)n3-c3ccccc3)c2C(=O)c2ccccc2)C1. The van der Waals surface area contributed by atoms with Gasteiger partial charge in [0.15, 0.2) is 5.78 Å². The first-order chi connectivity index (χ1) is 15.2. The molecule has 0 atom stereocenters. The van der Waals surface area contributed by atoms with E-state index in [-0.39, 0.29) is 11.3 Å². The lowest BCUT2D eigenvalue weighted by Gasteiger charge is -2.39. The van der Waals surface area contributed by atoms with E-state index in [1.54, 1.807) is 16.7 Å². The first kappa shape index (κ1) is 19.7. The van der Waals surface area contributed by atoms with Gasteiger partial charge in [0.2, 0.25) is 0 Å². The van der Waals surface area contributed by atoms with Crippen molar-refractivity contribution in [1.29, 1.82) is 0 Å². The van der Waals surface area contributed by atoms with Crippen molar-refractivity contribution in [2.75, 3.05) is 25.0 Å². The number of fused-ring (bicyclic) bond motifs is 1. The summed E-state index contributed by atoms with van der Waals surface area (Å²) in [5.74, 6) is -0.0284. The molecule has 31 heavy (non-hydrogen) atoms. The second-order valence-electron chi connectivity index (χ2n) is 7.76. The summed E-state index contributed by atoms with van der Waals surface area (Å²) >= 11 is 1.48. The largest absolute Gasteiger partial charge is 0.371 e. The quantitative estimate of drug-likeness (QED) is 0.462. The highest BCUT2D eigenvalue weighted by Crippen LogP contribution is 2.38. The van der Waals surface area contributed by atoms with Crippen LogP contribution in [0.1, 0.15) is 22.8 Å². The van der Waals surface area contributed by atoms with Gasteiger partial charge in [0.1, 0.15) is 9.83 Å². The van der Waals surface area contributed by atoms with E-state index in [0.29, 0.717) is 17.2 Å². The van der Waals surface area contributed by atoms with Crippen LogP contribution in [0.25, 0.3) is 15.9 Å². The Balaban J connectivity index is 1.68. The Morgan fingerprint density at radius 1 is 1.00 bits per heavy atom. The van der Waals surface area contributed by atoms with Crippen LogP contribution in [0.15, 0.2) is 77.6 Å². The fraction of sp³-hybridized carbons (Fsp3) is 0.200. The van der Waals surface area contributed by atoms with Gasteiger partial charge in [0.25, 0.3) is 5.56 Å². The maximum Gasteiger partial charge on any atom is 0.256 e. The van der Waals surface area contributed by atoms with Gasteiger partial charge in [-0.05, 0) is 24.7 Å². The molecule has 1 saturated heterocycles. The third-order valence-electron chi connectivity index (χ3n) is 5.76. The van der Waals surface area contributed by atoms with Crippen molar-refractivity contribution in [3.8, 4) is 5.69 Å². The number of para-hydroxylation sites is 1. The normalized spacial score (nSPS) is 14.5. The fourth-order valence-electron chi connectivity index (χ4n) is 4.07. The molecule has 0 unspecified atom stereocenters. The van der Waals surface area contributed by atoms with Crippen LogP contribution in [0.2, 0.25) is 0 Å². The number of ketones is 1. The molecule has 4 aromatic rings. The highest BCUT2D eigenvalue weighted by molar-refractivity contribution is 7.23. The van der Waals surface area contributed by atoms with Gasteiger partial charge >= 0.3 is 0 Å². The van der Waals surface area contributed by atoms with Crippen LogP contribution in [0, 0.1) is 0 Å². The predicted octanol–water partition coefficient (Wildman–Crippen LogP) is 4.40. The fourth-order valence-corrected chi connectivity index (χ4v) is 5.36. The minimum absolute atomic E-state index is 0.0284. The highest BCUT2D eigenvalue weighted by atomic mass is 32.1. The molecule has 0 saturated carbocycles. The molecule has 3 heterocycles. The zero-order valence-electron chi connectivity index (χ0n) is 17.2. The van der Waals surface area contributed by atoms with Crippen molar-refractivity contribution in [3.63, 3.8) is 0 Å². The van der Waals surface area contributed by atoms with E-state index < -0.39 is 0 Å². The van der Waals surface area contributed by atoms with Gasteiger partial charge < -0.3 is 5.32 Å². The van der Waals surface area contributed by atoms with E-state index in [0.717, 1.165) is 40.5 Å². The minimum Gasteiger partial charge on any atom is -0.371 e. The summed E-state index contributed by atoms with van der Waals surface area (Å²) in [6, 6.07) is 22.5. The molecule has 2 aromatic heterocycles. The monoisotopic (exact) mass is 429 g/mol. The van der Waals surface area contributed by atoms with E-state index in [1.165, 1.54) is 11.3 Å². The predicted molar refractivity (Wildman–Crippen MR) is 127 cm³/mol. The standard InChI is InChI=1S/C25H23N3O2S/c1-2-27-15-18(16-27)26-24-22(23(30)17-9-5-3-6-10-17)20-13-14-21(29)28(25(20)31-24)19-11-7-4-8-12-19/h3-14,18,26H,2,15-16H2,1H3. The Labute approximate surface area is 184 Å². The van der Waals surface area contributed by atoms with Crippen LogP contribution in [0.3, 0.4) is 0 Å². The van der Waals surface area contributed by atoms with Crippen molar-refractivity contribution >= 4 is 32.3 Å². The summed E-state index contributed by atoms with van der Waals surface area (Å²) in [6.45, 7) is 5.08. The lowest BCUT2D eigenvalue weighted by molar-refractivity contribution is 0.104. The van der Waals surface area contributed by atoms with Crippen molar-refractivity contribution in [3.05, 3.63) is 94.3 Å². The maximum atomic E-state index is 13.6. The summed E-state index contributed by atoms with van der Waals surface area (Å²) < 4.78 is 1.70. The molecule has 1 N–H and O–H groups in total. The molecule has 0 aliphatic carbocycles. The Morgan fingerprint density at radius 2 is 1.68 bits per heavy atom. The molecule has 156 valence electrons. The molecule has 0 radical (unpaired) electrons. The molecule has 2 aromatic carbocycles. The van der Waals surface area contributed by atoms with Gasteiger partial charge in [0.05, 0.1) is 17.3 Å². The van der Waals surface area contributed by atoms with Crippen molar-refractivity contribution in [2.45, 2.75) is 13.0 Å². The Kier molecular flexibility index (Phi) is 5.18. The summed E-state index contributed by atoms with van der Waals surface area (Å²) in [5.41, 5.74) is 1.98. The van der Waals surface area contributed by atoms with Crippen LogP contribution in [0.5, 0.6) is 0 Å². The number of carbonyl (C=O) groups is 1. The number of likely N-dealkylation sites (N-methyl/N-ethyl adjacent to an activating group) is 1. The number of hydrogen-bond donors (Lipinski definition) is 1. The average molecular weight is 430 g/mol. The summed E-state index contributed by atoms with van der Waals surface area (Å²) in [6.07, 6.45) is 0. The second kappa shape index (κ2) is 8.13. The molecular formula is C25H23N3O2S. The molecule has 1 fully saturated rings. The van der Waals surface area contributed by atoms with E-state index in [2.05, 4.69) is 17.1 Å². The first-order valence-electron chi connectivity index (χ1n) is 10.5. The number of benzene rings is 2. The van der Waals surface area contributed by atoms with Crippen LogP contribution in [-0.2, 0) is 0 Å². The molecule has 5 nitrogen and oxygen atoms in total. The van der Waals surface area contributed by atoms with Crippen molar-refractivity contribution in [2.24, 2.45) is 0 Å². The van der Waals surface area contributed by atoms with Gasteiger partial charge in [-0.2, -0.15) is 0 Å². The van der Waals surface area contributed by atoms with Gasteiger partial charge in [-0.1, -0.05) is 66.8 Å². The Bertz CT molecular complexity index is 1290. The average Bonchev–Trinajstić information content (AvgIpc) is 3.14. The molecule has 0 amide bonds. The maximum absolute atomic E-state index is 13.6. The number of aromatic nitrogens is 1. The summed E-state index contributed by atoms with van der Waals surface area (Å²) in [4.78, 5) is 29.5. The first-order valence-corrected chi connectivity index (χ1v) is 11.3. The highest BCUT2D eigenvalue weighted by Gasteiger charge is 2.29. The number of likely N-dealkylation sites (tertiary alicyclic amines) is 1. The van der Waals surface area contributed by atoms with E-state index in [1.807, 2.05) is 60.7 Å². The third-order valence-corrected chi connectivity index (χ3v) is 6.88. The number of anilines is 1. The van der Waals surface area contributed by atoms with Crippen molar-refractivity contribution < 1.29 is 4.79 Å². The van der Waals surface area contributed by atoms with Gasteiger partial charge in [-0.25, -0.2) is 0 Å². The Morgan fingerprint density at radius 3 is 2.35 bits per heavy atom. The van der Waals surface area contributed by atoms with Gasteiger partial charge in [-0.3, -0.25) is 19.1 Å². The zero-order chi connectivity index (χ0) is 21.4. The van der Waals surface area contributed by atoms with Crippen LogP contribution >= 0.6 is 11.3 Å². The van der Waals surface area contributed by atoms with Crippen LogP contribution < -0.4 is 10.9 Å². The lowest BCUT2D eigenvalue weighted by atomic mass is 10.0. The number of pyridine rings is 1. The molecule has 1 aliphatic heterocycles. The van der Waals surface area contributed by atoms with E-state index in [4.69, 9.17) is 0 Å². The number of thiophene rings is 1. The number of carbonyl (C=O) groups excluding carboxylic acids is 1. The molecule has 5 rings (SSSR count). The number of nitrogens with zero attached hydrogens (tertiary/aromatic N) is 2. The van der Waals surface area contributed by atoms with Gasteiger partial charge in [-0.15, -0.1) is 0 Å². The molecular weight excluding hydrogens is 406 g/mol. The summed E-state index contributed by atoms with van der Waals surface area (Å²) in [5, 5.41) is 5.23. The number of nitrogens with one attached hydrogen (secondary N) is 1. The minimum atomic E-state index is -0.106. The number of rotatable bonds is 6. The smallest absolute Gasteiger partial charge is 0.256 e.